The van der Waals surface area contributed by atoms with E-state index in [9.17, 15) is 13.2 Å². The molecule has 9 heteroatoms. The van der Waals surface area contributed by atoms with Crippen LogP contribution in [0.15, 0.2) is 24.5 Å². The molecule has 1 aromatic carbocycles. The lowest BCUT2D eigenvalue weighted by molar-refractivity contribution is 0.175. The van der Waals surface area contributed by atoms with E-state index in [0.717, 1.165) is 41.0 Å². The summed E-state index contributed by atoms with van der Waals surface area (Å²) in [5.74, 6) is 1.38. The fourth-order valence-corrected chi connectivity index (χ4v) is 5.35. The molecule has 180 valence electrons. The molecule has 1 aliphatic heterocycles. The highest BCUT2D eigenvalue weighted by molar-refractivity contribution is 7.90. The zero-order chi connectivity index (χ0) is 23.6. The van der Waals surface area contributed by atoms with Gasteiger partial charge in [0.25, 0.3) is 0 Å². The van der Waals surface area contributed by atoms with Crippen LogP contribution in [0.5, 0.6) is 5.75 Å². The number of ether oxygens (including phenoxy) is 2. The summed E-state index contributed by atoms with van der Waals surface area (Å²) < 4.78 is 36.3. The van der Waals surface area contributed by atoms with Crippen molar-refractivity contribution in [2.24, 2.45) is 5.92 Å². The molecule has 0 spiro atoms. The number of benzene rings is 1. The first-order valence-corrected chi connectivity index (χ1v) is 13.7. The Kier molecular flexibility index (Phi) is 6.97. The van der Waals surface area contributed by atoms with E-state index in [1.54, 1.807) is 15.8 Å². The fraction of sp³-hybridized carbons (Fsp3) is 0.583. The molecule has 8 nitrogen and oxygen atoms in total. The number of carbonyl (C=O) groups is 1. The van der Waals surface area contributed by atoms with Crippen molar-refractivity contribution in [3.63, 3.8) is 0 Å². The largest absolute Gasteiger partial charge is 0.492 e. The molecule has 0 radical (unpaired) electrons. The molecular weight excluding hydrogens is 442 g/mol. The summed E-state index contributed by atoms with van der Waals surface area (Å²) in [6.45, 7) is 2.98. The molecule has 1 fully saturated rings. The molecule has 33 heavy (non-hydrogen) atoms. The molecule has 4 rings (SSSR count). The maximum absolute atomic E-state index is 12.5. The lowest BCUT2D eigenvalue weighted by atomic mass is 9.92. The van der Waals surface area contributed by atoms with Crippen LogP contribution in [0.4, 0.5) is 10.5 Å². The lowest BCUT2D eigenvalue weighted by Gasteiger charge is -2.35. The van der Waals surface area contributed by atoms with Gasteiger partial charge in [-0.1, -0.05) is 12.8 Å². The lowest BCUT2D eigenvalue weighted by Crippen LogP contribution is -2.42. The van der Waals surface area contributed by atoms with Crippen molar-refractivity contribution >= 4 is 21.6 Å². The molecule has 1 aromatic heterocycles. The summed E-state index contributed by atoms with van der Waals surface area (Å²) in [6, 6.07) is 3.96. The van der Waals surface area contributed by atoms with Crippen molar-refractivity contribution in [3.8, 4) is 16.9 Å². The monoisotopic (exact) mass is 475 g/mol. The number of hydrogen-bond donors (Lipinski definition) is 0. The van der Waals surface area contributed by atoms with Gasteiger partial charge in [0.05, 0.1) is 37.9 Å². The van der Waals surface area contributed by atoms with Gasteiger partial charge in [0, 0.05) is 35.2 Å². The maximum atomic E-state index is 12.5. The topological polar surface area (TPSA) is 90.7 Å². The van der Waals surface area contributed by atoms with Crippen LogP contribution in [-0.2, 0) is 27.5 Å². The van der Waals surface area contributed by atoms with E-state index in [2.05, 4.69) is 5.10 Å². The number of aryl methyl sites for hydroxylation is 1. The summed E-state index contributed by atoms with van der Waals surface area (Å²) >= 11 is 0. The molecule has 1 atom stereocenters. The van der Waals surface area contributed by atoms with Gasteiger partial charge in [0.1, 0.15) is 15.6 Å². The Labute approximate surface area is 195 Å². The third-order valence-corrected chi connectivity index (χ3v) is 7.62. The molecule has 1 amide bonds. The van der Waals surface area contributed by atoms with Crippen LogP contribution in [-0.4, -0.2) is 56.1 Å². The third kappa shape index (κ3) is 5.34. The average Bonchev–Trinajstić information content (AvgIpc) is 3.47. The molecule has 1 aliphatic carbocycles. The maximum Gasteiger partial charge on any atom is 0.414 e. The predicted molar refractivity (Wildman–Crippen MR) is 127 cm³/mol. The van der Waals surface area contributed by atoms with Crippen LogP contribution in [0.3, 0.4) is 0 Å². The quantitative estimate of drug-likeness (QED) is 0.600. The van der Waals surface area contributed by atoms with E-state index < -0.39 is 9.84 Å². The first-order chi connectivity index (χ1) is 15.8. The zero-order valence-electron chi connectivity index (χ0n) is 19.6. The number of methoxy groups -OCH3 is 1. The molecule has 0 saturated heterocycles. The van der Waals surface area contributed by atoms with Crippen LogP contribution < -0.4 is 9.64 Å². The van der Waals surface area contributed by atoms with E-state index in [1.807, 2.05) is 25.3 Å². The number of sulfone groups is 1. The number of fused-ring (bicyclic) bond motifs is 1. The van der Waals surface area contributed by atoms with Crippen LogP contribution in [0.1, 0.15) is 44.6 Å². The Morgan fingerprint density at radius 1 is 1.21 bits per heavy atom. The highest BCUT2D eigenvalue weighted by Gasteiger charge is 2.32. The van der Waals surface area contributed by atoms with Gasteiger partial charge >= 0.3 is 6.09 Å². The van der Waals surface area contributed by atoms with E-state index in [4.69, 9.17) is 9.47 Å². The first kappa shape index (κ1) is 23.6. The number of carbonyl (C=O) groups excluding carboxylic acids is 1. The van der Waals surface area contributed by atoms with Gasteiger partial charge in [-0.15, -0.1) is 0 Å². The molecule has 0 N–H and O–H groups in total. The Morgan fingerprint density at radius 3 is 2.67 bits per heavy atom. The van der Waals surface area contributed by atoms with Crippen molar-refractivity contribution in [3.05, 3.63) is 30.1 Å². The van der Waals surface area contributed by atoms with Gasteiger partial charge in [-0.2, -0.15) is 5.10 Å². The predicted octanol–water partition coefficient (Wildman–Crippen LogP) is 4.07. The van der Waals surface area contributed by atoms with E-state index in [1.165, 1.54) is 39.0 Å². The van der Waals surface area contributed by atoms with Crippen LogP contribution in [0.25, 0.3) is 11.1 Å². The van der Waals surface area contributed by atoms with Crippen LogP contribution >= 0.6 is 0 Å². The molecule has 2 aliphatic rings. The smallest absolute Gasteiger partial charge is 0.414 e. The van der Waals surface area contributed by atoms with E-state index >= 15 is 0 Å². The number of nitrogens with zero attached hydrogens (tertiary/aromatic N) is 3. The van der Waals surface area contributed by atoms with Crippen LogP contribution in [0, 0.1) is 5.92 Å². The minimum atomic E-state index is -3.07. The van der Waals surface area contributed by atoms with Gasteiger partial charge in [0.15, 0.2) is 0 Å². The second-order valence-corrected chi connectivity index (χ2v) is 11.5. The summed E-state index contributed by atoms with van der Waals surface area (Å²) in [5, 5.41) is 4.37. The van der Waals surface area contributed by atoms with Crippen molar-refractivity contribution in [1.29, 1.82) is 0 Å². The third-order valence-electron chi connectivity index (χ3n) is 6.69. The Morgan fingerprint density at radius 2 is 1.97 bits per heavy atom. The van der Waals surface area contributed by atoms with E-state index in [0.29, 0.717) is 19.1 Å². The molecule has 1 unspecified atom stereocenters. The Bertz CT molecular complexity index is 1110. The van der Waals surface area contributed by atoms with Gasteiger partial charge in [-0.05, 0) is 50.7 Å². The van der Waals surface area contributed by atoms with E-state index in [-0.39, 0.29) is 17.9 Å². The van der Waals surface area contributed by atoms with Crippen molar-refractivity contribution in [2.45, 2.75) is 58.0 Å². The summed E-state index contributed by atoms with van der Waals surface area (Å²) in [7, 11) is -1.67. The second kappa shape index (κ2) is 9.75. The Balaban J connectivity index is 1.70. The van der Waals surface area contributed by atoms with Gasteiger partial charge in [-0.25, -0.2) is 13.2 Å². The van der Waals surface area contributed by atoms with Crippen molar-refractivity contribution in [1.82, 2.24) is 9.78 Å². The average molecular weight is 476 g/mol. The minimum absolute atomic E-state index is 0.0370. The molecule has 2 aromatic rings. The molecular formula is C24H33N3O5S. The normalized spacial score (nSPS) is 18.9. The zero-order valence-corrected chi connectivity index (χ0v) is 20.4. The first-order valence-electron chi connectivity index (χ1n) is 11.6. The Hall–Kier alpha value is -2.55. The molecule has 2 heterocycles. The van der Waals surface area contributed by atoms with Crippen LogP contribution in [0.2, 0.25) is 0 Å². The summed E-state index contributed by atoms with van der Waals surface area (Å²) in [5.41, 5.74) is 3.63. The molecule has 1 saturated carbocycles. The van der Waals surface area contributed by atoms with Gasteiger partial charge in [0.2, 0.25) is 0 Å². The number of aromatic nitrogens is 2. The van der Waals surface area contributed by atoms with Crippen molar-refractivity contribution < 1.29 is 22.7 Å². The fourth-order valence-electron chi connectivity index (χ4n) is 4.84. The summed E-state index contributed by atoms with van der Waals surface area (Å²) in [6.07, 6.45) is 10.9. The highest BCUT2D eigenvalue weighted by Crippen LogP contribution is 2.43. The standard InChI is InChI=1S/C24H33N3O5S/c1-17-8-9-21-22(27(17)24(28)31-2)11-10-20(23(21)32-16-18-6-4-5-7-18)19-14-25-26(15-19)12-13-33(3,29)30/h10-11,14-15,17-18H,4-9,12-13,16H2,1-3H3. The number of anilines is 1. The second-order valence-electron chi connectivity index (χ2n) is 9.25. The number of amides is 1. The van der Waals surface area contributed by atoms with Gasteiger partial charge in [-0.3, -0.25) is 9.58 Å². The number of rotatable bonds is 7. The minimum Gasteiger partial charge on any atom is -0.492 e. The van der Waals surface area contributed by atoms with Crippen molar-refractivity contribution in [2.75, 3.05) is 30.6 Å². The number of hydrogen-bond acceptors (Lipinski definition) is 6. The summed E-state index contributed by atoms with van der Waals surface area (Å²) in [4.78, 5) is 14.2. The highest BCUT2D eigenvalue weighted by atomic mass is 32.2. The van der Waals surface area contributed by atoms with Gasteiger partial charge < -0.3 is 9.47 Å². The SMILES string of the molecule is COC(=O)N1c2ccc(-c3cnn(CCS(C)(=O)=O)c3)c(OCC3CCCC3)c2CCC1C. The molecule has 0 bridgehead atoms.